The SMILES string of the molecule is CC(c1ccccc1)N(C)C(=O)CSc1nnc(-c2cccs2)n1Cc1ccccc1. The van der Waals surface area contributed by atoms with E-state index in [9.17, 15) is 4.79 Å². The van der Waals surface area contributed by atoms with Crippen LogP contribution in [0.1, 0.15) is 24.1 Å². The lowest BCUT2D eigenvalue weighted by Gasteiger charge is -2.25. The third-order valence-electron chi connectivity index (χ3n) is 5.22. The van der Waals surface area contributed by atoms with Gasteiger partial charge in [0.2, 0.25) is 5.91 Å². The van der Waals surface area contributed by atoms with Gasteiger partial charge in [-0.15, -0.1) is 21.5 Å². The van der Waals surface area contributed by atoms with E-state index in [-0.39, 0.29) is 11.9 Å². The number of aromatic nitrogens is 3. The van der Waals surface area contributed by atoms with Crippen molar-refractivity contribution < 1.29 is 4.79 Å². The molecule has 0 fully saturated rings. The Labute approximate surface area is 190 Å². The number of hydrogen-bond donors (Lipinski definition) is 0. The van der Waals surface area contributed by atoms with Crippen molar-refractivity contribution in [3.8, 4) is 10.7 Å². The Balaban J connectivity index is 1.51. The molecule has 0 bridgehead atoms. The van der Waals surface area contributed by atoms with Crippen molar-refractivity contribution in [3.63, 3.8) is 0 Å². The summed E-state index contributed by atoms with van der Waals surface area (Å²) in [6.45, 7) is 2.71. The van der Waals surface area contributed by atoms with Crippen molar-refractivity contribution in [3.05, 3.63) is 89.3 Å². The minimum Gasteiger partial charge on any atom is -0.338 e. The van der Waals surface area contributed by atoms with Gasteiger partial charge in [0.1, 0.15) is 0 Å². The van der Waals surface area contributed by atoms with E-state index in [1.165, 1.54) is 17.3 Å². The maximum absolute atomic E-state index is 12.9. The first-order chi connectivity index (χ1) is 15.1. The fourth-order valence-electron chi connectivity index (χ4n) is 3.29. The number of benzene rings is 2. The van der Waals surface area contributed by atoms with E-state index in [0.717, 1.165) is 21.4 Å². The second-order valence-electron chi connectivity index (χ2n) is 7.24. The summed E-state index contributed by atoms with van der Waals surface area (Å²) in [4.78, 5) is 15.7. The van der Waals surface area contributed by atoms with E-state index >= 15 is 0 Å². The molecule has 0 aliphatic rings. The highest BCUT2D eigenvalue weighted by Gasteiger charge is 2.20. The first-order valence-electron chi connectivity index (χ1n) is 10.1. The Morgan fingerprint density at radius 2 is 1.74 bits per heavy atom. The van der Waals surface area contributed by atoms with Crippen molar-refractivity contribution in [2.75, 3.05) is 12.8 Å². The Hall–Kier alpha value is -2.90. The number of carbonyl (C=O) groups excluding carboxylic acids is 1. The van der Waals surface area contributed by atoms with Gasteiger partial charge in [-0.2, -0.15) is 0 Å². The average molecular weight is 449 g/mol. The van der Waals surface area contributed by atoms with E-state index in [2.05, 4.69) is 26.9 Å². The van der Waals surface area contributed by atoms with Crippen molar-refractivity contribution >= 4 is 29.0 Å². The van der Waals surface area contributed by atoms with Gasteiger partial charge in [-0.25, -0.2) is 0 Å². The molecule has 0 spiro atoms. The lowest BCUT2D eigenvalue weighted by molar-refractivity contribution is -0.128. The second kappa shape index (κ2) is 9.94. The summed E-state index contributed by atoms with van der Waals surface area (Å²) in [6, 6.07) is 24.4. The fraction of sp³-hybridized carbons (Fsp3) is 0.208. The van der Waals surface area contributed by atoms with Crippen LogP contribution in [0, 0.1) is 0 Å². The summed E-state index contributed by atoms with van der Waals surface area (Å²) < 4.78 is 2.10. The van der Waals surface area contributed by atoms with Crippen LogP contribution in [0.2, 0.25) is 0 Å². The van der Waals surface area contributed by atoms with Crippen LogP contribution in [0.3, 0.4) is 0 Å². The van der Waals surface area contributed by atoms with E-state index in [0.29, 0.717) is 12.3 Å². The standard InChI is InChI=1S/C24H24N4OS2/c1-18(20-12-7-4-8-13-20)27(2)22(29)17-31-24-26-25-23(21-14-9-15-30-21)28(24)16-19-10-5-3-6-11-19/h3-15,18H,16-17H2,1-2H3. The van der Waals surface area contributed by atoms with Gasteiger partial charge in [0.05, 0.1) is 23.2 Å². The summed E-state index contributed by atoms with van der Waals surface area (Å²) in [5.41, 5.74) is 2.29. The van der Waals surface area contributed by atoms with Gasteiger partial charge < -0.3 is 4.90 Å². The number of thiophene rings is 1. The van der Waals surface area contributed by atoms with Crippen molar-refractivity contribution in [1.29, 1.82) is 0 Å². The molecule has 1 amide bonds. The van der Waals surface area contributed by atoms with Gasteiger partial charge in [0.25, 0.3) is 0 Å². The average Bonchev–Trinajstić information content (AvgIpc) is 3.48. The molecule has 0 saturated carbocycles. The van der Waals surface area contributed by atoms with Gasteiger partial charge in [-0.05, 0) is 29.5 Å². The molecule has 2 aromatic heterocycles. The number of hydrogen-bond acceptors (Lipinski definition) is 5. The molecule has 158 valence electrons. The molecular weight excluding hydrogens is 424 g/mol. The largest absolute Gasteiger partial charge is 0.338 e. The number of thioether (sulfide) groups is 1. The summed E-state index contributed by atoms with van der Waals surface area (Å²) in [5, 5.41) is 11.6. The number of nitrogens with zero attached hydrogens (tertiary/aromatic N) is 4. The first kappa shape index (κ1) is 21.3. The predicted molar refractivity (Wildman–Crippen MR) is 127 cm³/mol. The maximum Gasteiger partial charge on any atom is 0.233 e. The minimum atomic E-state index is 0.0122. The lowest BCUT2D eigenvalue weighted by atomic mass is 10.1. The zero-order chi connectivity index (χ0) is 21.6. The van der Waals surface area contributed by atoms with Crippen molar-refractivity contribution in [2.24, 2.45) is 0 Å². The van der Waals surface area contributed by atoms with Crippen LogP contribution < -0.4 is 0 Å². The molecule has 31 heavy (non-hydrogen) atoms. The number of carbonyl (C=O) groups is 1. The van der Waals surface area contributed by atoms with Crippen LogP contribution >= 0.6 is 23.1 Å². The van der Waals surface area contributed by atoms with Crippen molar-refractivity contribution in [2.45, 2.75) is 24.7 Å². The smallest absolute Gasteiger partial charge is 0.233 e. The third-order valence-corrected chi connectivity index (χ3v) is 7.04. The summed E-state index contributed by atoms with van der Waals surface area (Å²) in [6.07, 6.45) is 0. The summed E-state index contributed by atoms with van der Waals surface area (Å²) in [7, 11) is 1.85. The monoisotopic (exact) mass is 448 g/mol. The number of amides is 1. The Morgan fingerprint density at radius 3 is 2.42 bits per heavy atom. The molecule has 0 aliphatic carbocycles. The molecule has 4 rings (SSSR count). The molecule has 1 atom stereocenters. The van der Waals surface area contributed by atoms with Gasteiger partial charge >= 0.3 is 0 Å². The van der Waals surface area contributed by atoms with E-state index < -0.39 is 0 Å². The molecule has 4 aromatic rings. The van der Waals surface area contributed by atoms with E-state index in [4.69, 9.17) is 0 Å². The topological polar surface area (TPSA) is 51.0 Å². The molecule has 2 heterocycles. The quantitative estimate of drug-likeness (QED) is 0.340. The first-order valence-corrected chi connectivity index (χ1v) is 11.9. The number of rotatable bonds is 8. The molecule has 5 nitrogen and oxygen atoms in total. The van der Waals surface area contributed by atoms with Gasteiger partial charge in [0, 0.05) is 7.05 Å². The molecule has 7 heteroatoms. The Morgan fingerprint density at radius 1 is 1.03 bits per heavy atom. The van der Waals surface area contributed by atoms with E-state index in [1.54, 1.807) is 16.2 Å². The van der Waals surface area contributed by atoms with Crippen LogP contribution in [0.4, 0.5) is 0 Å². The zero-order valence-electron chi connectivity index (χ0n) is 17.5. The molecular formula is C24H24N4OS2. The minimum absolute atomic E-state index is 0.0122. The lowest BCUT2D eigenvalue weighted by Crippen LogP contribution is -2.31. The molecule has 0 saturated heterocycles. The Kier molecular flexibility index (Phi) is 6.84. The highest BCUT2D eigenvalue weighted by atomic mass is 32.2. The summed E-state index contributed by atoms with van der Waals surface area (Å²) in [5.74, 6) is 1.21. The highest BCUT2D eigenvalue weighted by Crippen LogP contribution is 2.29. The van der Waals surface area contributed by atoms with Crippen molar-refractivity contribution in [1.82, 2.24) is 19.7 Å². The summed E-state index contributed by atoms with van der Waals surface area (Å²) >= 11 is 3.07. The third kappa shape index (κ3) is 5.06. The maximum atomic E-state index is 12.9. The van der Waals surface area contributed by atoms with E-state index in [1.807, 2.05) is 80.0 Å². The molecule has 0 radical (unpaired) electrons. The normalized spacial score (nSPS) is 11.9. The van der Waals surface area contributed by atoms with Crippen LogP contribution in [0.15, 0.2) is 83.3 Å². The van der Waals surface area contributed by atoms with Crippen LogP contribution in [-0.2, 0) is 11.3 Å². The highest BCUT2D eigenvalue weighted by molar-refractivity contribution is 7.99. The fourth-order valence-corrected chi connectivity index (χ4v) is 4.87. The zero-order valence-corrected chi connectivity index (χ0v) is 19.1. The molecule has 0 aliphatic heterocycles. The predicted octanol–water partition coefficient (Wildman–Crippen LogP) is 5.37. The molecule has 2 aromatic carbocycles. The van der Waals surface area contributed by atoms with Crippen LogP contribution in [-0.4, -0.2) is 38.4 Å². The van der Waals surface area contributed by atoms with Gasteiger partial charge in [-0.3, -0.25) is 9.36 Å². The molecule has 1 unspecified atom stereocenters. The Bertz CT molecular complexity index is 1110. The van der Waals surface area contributed by atoms with Crippen LogP contribution in [0.25, 0.3) is 10.7 Å². The van der Waals surface area contributed by atoms with Crippen LogP contribution in [0.5, 0.6) is 0 Å². The van der Waals surface area contributed by atoms with Gasteiger partial charge in [-0.1, -0.05) is 78.5 Å². The molecule has 0 N–H and O–H groups in total. The second-order valence-corrected chi connectivity index (χ2v) is 9.13. The van der Waals surface area contributed by atoms with Gasteiger partial charge in [0.15, 0.2) is 11.0 Å².